The highest BCUT2D eigenvalue weighted by atomic mass is 35.5. The fourth-order valence-electron chi connectivity index (χ4n) is 7.32. The van der Waals surface area contributed by atoms with Gasteiger partial charge in [-0.05, 0) is 59.3 Å². The molecule has 7 heteroatoms. The monoisotopic (exact) mass is 711 g/mol. The van der Waals surface area contributed by atoms with Crippen molar-refractivity contribution in [3.8, 4) is 34.2 Å². The van der Waals surface area contributed by atoms with Crippen molar-refractivity contribution in [2.75, 3.05) is 0 Å². The lowest BCUT2D eigenvalue weighted by molar-refractivity contribution is 1.08. The third kappa shape index (κ3) is 4.30. The van der Waals surface area contributed by atoms with Gasteiger partial charge < -0.3 is 0 Å². The van der Waals surface area contributed by atoms with E-state index in [4.69, 9.17) is 26.6 Å². The van der Waals surface area contributed by atoms with Gasteiger partial charge in [-0.1, -0.05) is 96.5 Å². The fourth-order valence-corrected chi connectivity index (χ4v) is 11.0. The molecule has 0 saturated heterocycles. The first-order valence-electron chi connectivity index (χ1n) is 16.3. The lowest BCUT2D eigenvalue weighted by Crippen LogP contribution is -2.00. The van der Waals surface area contributed by atoms with Crippen molar-refractivity contribution in [2.24, 2.45) is 0 Å². The van der Waals surface area contributed by atoms with Gasteiger partial charge in [-0.2, -0.15) is 0 Å². The minimum absolute atomic E-state index is 0.599. The first-order valence-corrected chi connectivity index (χ1v) is 19.1. The molecule has 0 unspecified atom stereocenters. The zero-order valence-electron chi connectivity index (χ0n) is 26.1. The van der Waals surface area contributed by atoms with Crippen molar-refractivity contribution in [1.29, 1.82) is 0 Å². The van der Waals surface area contributed by atoms with Crippen LogP contribution < -0.4 is 0 Å². The number of thiophene rings is 3. The molecule has 4 heterocycles. The van der Waals surface area contributed by atoms with E-state index in [9.17, 15) is 0 Å². The van der Waals surface area contributed by atoms with Crippen molar-refractivity contribution < 1.29 is 0 Å². The Hall–Kier alpha value is -5.24. The summed E-state index contributed by atoms with van der Waals surface area (Å²) in [6.45, 7) is 0. The van der Waals surface area contributed by atoms with Crippen LogP contribution in [0.25, 0.3) is 105 Å². The number of hydrogen-bond donors (Lipinski definition) is 0. The molecule has 0 aliphatic rings. The maximum atomic E-state index is 7.13. The SMILES string of the molecule is Clc1cc(-c2nc(-c3cccc4sc5ccccc5c34)nc(-c3cccc4sc5ccccc5c34)n2)cc2c1sc1cc3ccccc3cc12. The molecule has 0 spiro atoms. The summed E-state index contributed by atoms with van der Waals surface area (Å²) >= 11 is 12.5. The first kappa shape index (κ1) is 28.6. The van der Waals surface area contributed by atoms with Crippen LogP contribution in [0.1, 0.15) is 0 Å². The highest BCUT2D eigenvalue weighted by Gasteiger charge is 2.20. The Morgan fingerprint density at radius 1 is 0.400 bits per heavy atom. The predicted molar refractivity (Wildman–Crippen MR) is 217 cm³/mol. The Morgan fingerprint density at radius 2 is 0.940 bits per heavy atom. The molecule has 4 aromatic heterocycles. The molecule has 0 aliphatic heterocycles. The van der Waals surface area contributed by atoms with Crippen molar-refractivity contribution in [1.82, 2.24) is 15.0 Å². The van der Waals surface area contributed by atoms with Crippen LogP contribution >= 0.6 is 45.6 Å². The van der Waals surface area contributed by atoms with Crippen molar-refractivity contribution >= 4 is 117 Å². The molecular formula is C43H22ClN3S3. The number of fused-ring (bicyclic) bond motifs is 10. The van der Waals surface area contributed by atoms with E-state index in [0.717, 1.165) is 26.8 Å². The third-order valence-corrected chi connectivity index (χ3v) is 13.5. The molecule has 11 rings (SSSR count). The standard InChI is InChI=1S/C43H22ClN3S3/c44-32-21-25(20-31-30-19-23-9-1-2-10-24(23)22-37(30)50-40(31)32)41-45-42(28-13-7-17-35-38(28)26-11-3-5-15-33(26)48-35)47-43(46-41)29-14-8-18-36-39(29)27-12-4-6-16-34(27)49-36/h1-22H. The summed E-state index contributed by atoms with van der Waals surface area (Å²) in [7, 11) is 0. The van der Waals surface area contributed by atoms with Crippen LogP contribution in [-0.4, -0.2) is 15.0 Å². The molecule has 0 N–H and O–H groups in total. The minimum atomic E-state index is 0.599. The molecule has 3 nitrogen and oxygen atoms in total. The highest BCUT2D eigenvalue weighted by Crippen LogP contribution is 2.44. The van der Waals surface area contributed by atoms with Crippen LogP contribution in [0.15, 0.2) is 133 Å². The van der Waals surface area contributed by atoms with Gasteiger partial charge in [0, 0.05) is 72.5 Å². The van der Waals surface area contributed by atoms with Gasteiger partial charge in [0.05, 0.1) is 9.72 Å². The molecule has 50 heavy (non-hydrogen) atoms. The summed E-state index contributed by atoms with van der Waals surface area (Å²) in [6, 6.07) is 47.3. The van der Waals surface area contributed by atoms with Crippen LogP contribution in [0.2, 0.25) is 5.02 Å². The molecule has 0 fully saturated rings. The van der Waals surface area contributed by atoms with Crippen molar-refractivity contribution in [2.45, 2.75) is 0 Å². The molecule has 7 aromatic carbocycles. The zero-order valence-corrected chi connectivity index (χ0v) is 29.4. The van der Waals surface area contributed by atoms with Crippen molar-refractivity contribution in [3.63, 3.8) is 0 Å². The normalized spacial score (nSPS) is 12.1. The molecule has 11 aromatic rings. The number of aromatic nitrogens is 3. The van der Waals surface area contributed by atoms with E-state index in [1.807, 2.05) is 6.07 Å². The Kier molecular flexibility index (Phi) is 6.22. The van der Waals surface area contributed by atoms with Crippen molar-refractivity contribution in [3.05, 3.63) is 138 Å². The first-order chi connectivity index (χ1) is 24.7. The molecule has 0 bridgehead atoms. The number of benzene rings is 7. The van der Waals surface area contributed by atoms with E-state index < -0.39 is 0 Å². The fraction of sp³-hybridized carbons (Fsp3) is 0. The van der Waals surface area contributed by atoms with Gasteiger partial charge in [-0.15, -0.1) is 34.0 Å². The Bertz CT molecular complexity index is 3060. The minimum Gasteiger partial charge on any atom is -0.208 e. The summed E-state index contributed by atoms with van der Waals surface area (Å²) in [4.78, 5) is 15.8. The summed E-state index contributed by atoms with van der Waals surface area (Å²) in [5.41, 5.74) is 2.85. The zero-order chi connectivity index (χ0) is 32.9. The maximum Gasteiger partial charge on any atom is 0.164 e. The molecule has 0 amide bonds. The highest BCUT2D eigenvalue weighted by molar-refractivity contribution is 7.27. The second-order valence-electron chi connectivity index (χ2n) is 12.5. The van der Waals surface area contributed by atoms with E-state index in [1.54, 1.807) is 34.0 Å². The number of rotatable bonds is 3. The Labute approximate surface area is 302 Å². The number of nitrogens with zero attached hydrogens (tertiary/aromatic N) is 3. The molecule has 0 atom stereocenters. The summed E-state index contributed by atoms with van der Waals surface area (Å²) < 4.78 is 7.18. The summed E-state index contributed by atoms with van der Waals surface area (Å²) in [5, 5.41) is 10.2. The van der Waals surface area contributed by atoms with Gasteiger partial charge in [0.25, 0.3) is 0 Å². The van der Waals surface area contributed by atoms with E-state index >= 15 is 0 Å². The molecular weight excluding hydrogens is 690 g/mol. The Morgan fingerprint density at radius 3 is 1.58 bits per heavy atom. The van der Waals surface area contributed by atoms with Gasteiger partial charge in [0.15, 0.2) is 17.5 Å². The van der Waals surface area contributed by atoms with Gasteiger partial charge in [0.1, 0.15) is 0 Å². The van der Waals surface area contributed by atoms with Crippen LogP contribution in [0.4, 0.5) is 0 Å². The van der Waals surface area contributed by atoms with Crippen LogP contribution in [0, 0.1) is 0 Å². The van der Waals surface area contributed by atoms with E-state index in [-0.39, 0.29) is 0 Å². The average molecular weight is 712 g/mol. The largest absolute Gasteiger partial charge is 0.208 e. The molecule has 0 saturated carbocycles. The van der Waals surface area contributed by atoms with Gasteiger partial charge in [0.2, 0.25) is 0 Å². The second kappa shape index (κ2) is 10.9. The molecule has 234 valence electrons. The van der Waals surface area contributed by atoms with Crippen LogP contribution in [-0.2, 0) is 0 Å². The molecule has 0 radical (unpaired) electrons. The smallest absolute Gasteiger partial charge is 0.164 e. The van der Waals surface area contributed by atoms with Crippen LogP contribution in [0.3, 0.4) is 0 Å². The van der Waals surface area contributed by atoms with E-state index in [1.165, 1.54) is 61.2 Å². The summed E-state index contributed by atoms with van der Waals surface area (Å²) in [6.07, 6.45) is 0. The summed E-state index contributed by atoms with van der Waals surface area (Å²) in [5.74, 6) is 1.89. The third-order valence-electron chi connectivity index (χ3n) is 9.57. The lowest BCUT2D eigenvalue weighted by atomic mass is 10.0. The van der Waals surface area contributed by atoms with Gasteiger partial charge in [-0.25, -0.2) is 15.0 Å². The van der Waals surface area contributed by atoms with E-state index in [0.29, 0.717) is 22.5 Å². The Balaban J connectivity index is 1.22. The maximum absolute atomic E-state index is 7.13. The van der Waals surface area contributed by atoms with Gasteiger partial charge >= 0.3 is 0 Å². The quantitative estimate of drug-likeness (QED) is 0.183. The van der Waals surface area contributed by atoms with Crippen LogP contribution in [0.5, 0.6) is 0 Å². The second-order valence-corrected chi connectivity index (χ2v) is 16.1. The number of halogens is 1. The van der Waals surface area contributed by atoms with E-state index in [2.05, 4.69) is 127 Å². The van der Waals surface area contributed by atoms with Gasteiger partial charge in [-0.3, -0.25) is 0 Å². The molecule has 0 aliphatic carbocycles. The average Bonchev–Trinajstić information content (AvgIpc) is 3.85. The number of hydrogen-bond acceptors (Lipinski definition) is 6. The lowest BCUT2D eigenvalue weighted by Gasteiger charge is -2.11. The topological polar surface area (TPSA) is 38.7 Å². The predicted octanol–water partition coefficient (Wildman–Crippen LogP) is 13.8.